The number of fused-ring (bicyclic) bond motifs is 6. The van der Waals surface area contributed by atoms with Crippen LogP contribution in [-0.4, -0.2) is 24.1 Å². The van der Waals surface area contributed by atoms with Gasteiger partial charge in [-0.15, -0.1) is 0 Å². The van der Waals surface area contributed by atoms with Crippen LogP contribution in [0.4, 0.5) is 0 Å². The first-order chi connectivity index (χ1) is 30.7. The van der Waals surface area contributed by atoms with Crippen molar-refractivity contribution in [1.29, 1.82) is 0 Å². The molecule has 0 aliphatic carbocycles. The normalized spacial score (nSPS) is 11.5. The predicted molar refractivity (Wildman–Crippen MR) is 256 cm³/mol. The van der Waals surface area contributed by atoms with E-state index in [0.717, 1.165) is 44.7 Å². The van der Waals surface area contributed by atoms with Crippen molar-refractivity contribution in [3.63, 3.8) is 0 Å². The van der Waals surface area contributed by atoms with Crippen LogP contribution in [0.1, 0.15) is 0 Å². The van der Waals surface area contributed by atoms with Crippen molar-refractivity contribution < 1.29 is 0 Å². The van der Waals surface area contributed by atoms with Crippen LogP contribution in [0.3, 0.4) is 0 Å². The number of benzene rings is 9. The van der Waals surface area contributed by atoms with Crippen molar-refractivity contribution in [2.75, 3.05) is 0 Å². The molecule has 0 radical (unpaired) electrons. The highest BCUT2D eigenvalue weighted by Gasteiger charge is 2.18. The van der Waals surface area contributed by atoms with Crippen LogP contribution in [0.2, 0.25) is 0 Å². The first kappa shape index (κ1) is 35.5. The largest absolute Gasteiger partial charge is 0.309 e. The first-order valence-electron chi connectivity index (χ1n) is 20.9. The minimum absolute atomic E-state index is 0.626. The van der Waals surface area contributed by atoms with E-state index in [2.05, 4.69) is 173 Å². The van der Waals surface area contributed by atoms with Gasteiger partial charge in [0.1, 0.15) is 0 Å². The van der Waals surface area contributed by atoms with Crippen LogP contribution in [0.5, 0.6) is 0 Å². The van der Waals surface area contributed by atoms with Crippen LogP contribution in [0.25, 0.3) is 111 Å². The average Bonchev–Trinajstić information content (AvgIpc) is 3.87. The highest BCUT2D eigenvalue weighted by atomic mass is 15.0. The Morgan fingerprint density at radius 1 is 0.226 bits per heavy atom. The third-order valence-corrected chi connectivity index (χ3v) is 12.0. The van der Waals surface area contributed by atoms with Crippen molar-refractivity contribution in [2.45, 2.75) is 0 Å². The van der Waals surface area contributed by atoms with E-state index >= 15 is 0 Å². The molecule has 0 fully saturated rings. The number of rotatable bonds is 7. The van der Waals surface area contributed by atoms with Gasteiger partial charge in [-0.2, -0.15) is 0 Å². The molecule has 5 heteroatoms. The Bertz CT molecular complexity index is 3550. The van der Waals surface area contributed by atoms with E-state index in [9.17, 15) is 0 Å². The molecule has 12 rings (SSSR count). The van der Waals surface area contributed by atoms with Crippen LogP contribution >= 0.6 is 0 Å². The maximum absolute atomic E-state index is 5.05. The average molecular weight is 792 g/mol. The number of hydrogen-bond donors (Lipinski definition) is 0. The topological polar surface area (TPSA) is 48.5 Å². The monoisotopic (exact) mass is 791 g/mol. The van der Waals surface area contributed by atoms with Gasteiger partial charge in [0, 0.05) is 49.6 Å². The SMILES string of the molecule is c1ccc(-c2ccc(-n3c4ccccc4c4cc(-c5ccc6c7ccccc7n(-c7cccc(-c8nc(-c9ccccc9)nc(-c9ccccc9)n8)c7)c6c5)ccc43)cc2)cc1. The lowest BCUT2D eigenvalue weighted by Crippen LogP contribution is -2.01. The van der Waals surface area contributed by atoms with E-state index < -0.39 is 0 Å². The summed E-state index contributed by atoms with van der Waals surface area (Å²) in [5.74, 6) is 1.91. The number of nitrogens with zero attached hydrogens (tertiary/aromatic N) is 5. The van der Waals surface area contributed by atoms with Gasteiger partial charge in [-0.1, -0.05) is 170 Å². The van der Waals surface area contributed by atoms with Crippen LogP contribution in [0.15, 0.2) is 224 Å². The molecule has 0 saturated carbocycles. The lowest BCUT2D eigenvalue weighted by atomic mass is 10.0. The van der Waals surface area contributed by atoms with E-state index in [1.807, 2.05) is 60.7 Å². The Kier molecular flexibility index (Phi) is 8.42. The zero-order chi connectivity index (χ0) is 41.0. The minimum Gasteiger partial charge on any atom is -0.309 e. The van der Waals surface area contributed by atoms with Gasteiger partial charge in [-0.05, 0) is 76.9 Å². The predicted octanol–water partition coefficient (Wildman–Crippen LogP) is 14.4. The van der Waals surface area contributed by atoms with Gasteiger partial charge in [0.25, 0.3) is 0 Å². The summed E-state index contributed by atoms with van der Waals surface area (Å²) in [7, 11) is 0. The van der Waals surface area contributed by atoms with Crippen LogP contribution in [-0.2, 0) is 0 Å². The smallest absolute Gasteiger partial charge is 0.164 e. The molecule has 0 atom stereocenters. The van der Waals surface area contributed by atoms with E-state index in [1.54, 1.807) is 0 Å². The third-order valence-electron chi connectivity index (χ3n) is 12.0. The van der Waals surface area contributed by atoms with Crippen LogP contribution in [0, 0.1) is 0 Å². The Morgan fingerprint density at radius 3 is 1.31 bits per heavy atom. The second kappa shape index (κ2) is 14.7. The quantitative estimate of drug-likeness (QED) is 0.162. The molecular weight excluding hydrogens is 755 g/mol. The lowest BCUT2D eigenvalue weighted by molar-refractivity contribution is 1.07. The molecule has 0 saturated heterocycles. The van der Waals surface area contributed by atoms with Gasteiger partial charge in [-0.3, -0.25) is 0 Å². The van der Waals surface area contributed by atoms with E-state index in [-0.39, 0.29) is 0 Å². The molecule has 0 N–H and O–H groups in total. The third kappa shape index (κ3) is 6.06. The molecule has 9 aromatic carbocycles. The molecule has 0 aliphatic heterocycles. The Morgan fingerprint density at radius 2 is 0.661 bits per heavy atom. The number of para-hydroxylation sites is 2. The highest BCUT2D eigenvalue weighted by molar-refractivity contribution is 6.12. The minimum atomic E-state index is 0.626. The van der Waals surface area contributed by atoms with Gasteiger partial charge in [-0.25, -0.2) is 15.0 Å². The standard InChI is InChI=1S/C57H37N5/c1-4-15-38(16-5-1)39-27-31-45(32-28-39)61-52-26-13-11-24-48(52)50-36-42(30-34-53(50)61)43-29-33-49-47-23-10-12-25-51(47)62(54(49)37-43)46-22-14-21-44(35-46)57-59-55(40-17-6-2-7-18-40)58-56(60-57)41-19-8-3-9-20-41/h1-37H. The number of aromatic nitrogens is 5. The second-order valence-corrected chi connectivity index (χ2v) is 15.7. The molecule has 5 nitrogen and oxygen atoms in total. The molecule has 12 aromatic rings. The summed E-state index contributed by atoms with van der Waals surface area (Å²) in [6, 6.07) is 79.4. The molecule has 3 heterocycles. The fraction of sp³-hybridized carbons (Fsp3) is 0. The molecular formula is C57H37N5. The molecule has 0 amide bonds. The van der Waals surface area contributed by atoms with Gasteiger partial charge in [0.15, 0.2) is 17.5 Å². The Balaban J connectivity index is 0.984. The summed E-state index contributed by atoms with van der Waals surface area (Å²) < 4.78 is 4.76. The van der Waals surface area contributed by atoms with Crippen molar-refractivity contribution in [2.24, 2.45) is 0 Å². The summed E-state index contributed by atoms with van der Waals surface area (Å²) in [6.45, 7) is 0. The molecule has 62 heavy (non-hydrogen) atoms. The zero-order valence-corrected chi connectivity index (χ0v) is 33.6. The van der Waals surface area contributed by atoms with Crippen molar-refractivity contribution in [3.8, 4) is 67.8 Å². The summed E-state index contributed by atoms with van der Waals surface area (Å²) in [4.78, 5) is 15.0. The molecule has 290 valence electrons. The van der Waals surface area contributed by atoms with Gasteiger partial charge in [0.05, 0.1) is 22.1 Å². The Hall–Kier alpha value is -8.41. The molecule has 0 aliphatic rings. The summed E-state index contributed by atoms with van der Waals surface area (Å²) >= 11 is 0. The van der Waals surface area contributed by atoms with Crippen molar-refractivity contribution in [3.05, 3.63) is 224 Å². The molecule has 0 spiro atoms. The maximum Gasteiger partial charge on any atom is 0.164 e. The first-order valence-corrected chi connectivity index (χ1v) is 20.9. The zero-order valence-electron chi connectivity index (χ0n) is 33.6. The second-order valence-electron chi connectivity index (χ2n) is 15.7. The van der Waals surface area contributed by atoms with Crippen molar-refractivity contribution in [1.82, 2.24) is 24.1 Å². The van der Waals surface area contributed by atoms with Gasteiger partial charge >= 0.3 is 0 Å². The summed E-state index contributed by atoms with van der Waals surface area (Å²) in [5.41, 5.74) is 14.4. The molecule has 0 bridgehead atoms. The summed E-state index contributed by atoms with van der Waals surface area (Å²) in [5, 5.41) is 4.85. The maximum atomic E-state index is 5.05. The van der Waals surface area contributed by atoms with E-state index in [0.29, 0.717) is 17.5 Å². The number of hydrogen-bond acceptors (Lipinski definition) is 3. The van der Waals surface area contributed by atoms with Gasteiger partial charge < -0.3 is 9.13 Å². The highest BCUT2D eigenvalue weighted by Crippen LogP contribution is 2.39. The molecule has 3 aromatic heterocycles. The summed E-state index contributed by atoms with van der Waals surface area (Å²) in [6.07, 6.45) is 0. The van der Waals surface area contributed by atoms with Crippen LogP contribution < -0.4 is 0 Å². The van der Waals surface area contributed by atoms with E-state index in [1.165, 1.54) is 49.3 Å². The molecule has 0 unspecified atom stereocenters. The lowest BCUT2D eigenvalue weighted by Gasteiger charge is -2.12. The fourth-order valence-electron chi connectivity index (χ4n) is 9.01. The Labute approximate surface area is 358 Å². The fourth-order valence-corrected chi connectivity index (χ4v) is 9.01. The van der Waals surface area contributed by atoms with Gasteiger partial charge in [0.2, 0.25) is 0 Å². The van der Waals surface area contributed by atoms with E-state index in [4.69, 9.17) is 15.0 Å². The van der Waals surface area contributed by atoms with Crippen molar-refractivity contribution >= 4 is 43.6 Å².